The summed E-state index contributed by atoms with van der Waals surface area (Å²) in [5.74, 6) is 0.175. The molecule has 0 saturated heterocycles. The molecule has 2 amide bonds. The number of amides is 2. The zero-order chi connectivity index (χ0) is 24.6. The van der Waals surface area contributed by atoms with E-state index in [0.29, 0.717) is 30.2 Å². The van der Waals surface area contributed by atoms with Crippen LogP contribution >= 0.6 is 0 Å². The summed E-state index contributed by atoms with van der Waals surface area (Å²) in [5.41, 5.74) is 4.53. The number of hydrogen-bond donors (Lipinski definition) is 4. The number of nitrogens with zero attached hydrogens (tertiary/aromatic N) is 3. The Labute approximate surface area is 202 Å². The van der Waals surface area contributed by atoms with Gasteiger partial charge in [0.25, 0.3) is 5.91 Å². The normalized spacial score (nSPS) is 14.4. The second kappa shape index (κ2) is 8.75. The lowest BCUT2D eigenvalue weighted by Crippen LogP contribution is -2.44. The quantitative estimate of drug-likeness (QED) is 0.338. The van der Waals surface area contributed by atoms with E-state index in [0.717, 1.165) is 27.7 Å². The zero-order valence-corrected chi connectivity index (χ0v) is 19.5. The SMILES string of the molecule is CC1(C)CN(C(=O)O)Cc2cc(NC(=O)c3cccnc3NCc3ccnc4[nH]ccc34)ccc21. The van der Waals surface area contributed by atoms with Crippen LogP contribution in [0.4, 0.5) is 16.3 Å². The molecule has 5 rings (SSSR count). The maximum absolute atomic E-state index is 13.2. The first-order valence-corrected chi connectivity index (χ1v) is 11.3. The number of anilines is 2. The van der Waals surface area contributed by atoms with Crippen molar-refractivity contribution < 1.29 is 14.7 Å². The van der Waals surface area contributed by atoms with Gasteiger partial charge in [-0.3, -0.25) is 4.79 Å². The molecule has 0 radical (unpaired) electrons. The van der Waals surface area contributed by atoms with Crippen LogP contribution in [0.15, 0.2) is 61.1 Å². The lowest BCUT2D eigenvalue weighted by atomic mass is 9.78. The smallest absolute Gasteiger partial charge is 0.407 e. The van der Waals surface area contributed by atoms with E-state index < -0.39 is 6.09 Å². The number of hydrogen-bond acceptors (Lipinski definition) is 5. The van der Waals surface area contributed by atoms with Crippen molar-refractivity contribution in [3.63, 3.8) is 0 Å². The molecule has 1 aliphatic rings. The predicted octanol–water partition coefficient (Wildman–Crippen LogP) is 4.59. The molecule has 3 aromatic heterocycles. The van der Waals surface area contributed by atoms with Crippen LogP contribution in [0.25, 0.3) is 11.0 Å². The number of benzene rings is 1. The molecule has 178 valence electrons. The molecule has 0 aliphatic carbocycles. The molecule has 4 heterocycles. The molecule has 1 aromatic carbocycles. The molecule has 35 heavy (non-hydrogen) atoms. The molecule has 0 saturated carbocycles. The van der Waals surface area contributed by atoms with Gasteiger partial charge < -0.3 is 25.6 Å². The first-order chi connectivity index (χ1) is 16.8. The lowest BCUT2D eigenvalue weighted by molar-refractivity contribution is 0.102. The third kappa shape index (κ3) is 4.40. The molecule has 0 fully saturated rings. The van der Waals surface area contributed by atoms with Gasteiger partial charge in [-0.2, -0.15) is 0 Å². The molecule has 0 spiro atoms. The number of carboxylic acid groups (broad SMARTS) is 1. The van der Waals surface area contributed by atoms with Crippen molar-refractivity contribution in [1.82, 2.24) is 19.9 Å². The fourth-order valence-corrected chi connectivity index (χ4v) is 4.70. The van der Waals surface area contributed by atoms with E-state index in [1.807, 2.05) is 50.4 Å². The first kappa shape index (κ1) is 22.4. The van der Waals surface area contributed by atoms with Gasteiger partial charge in [0.2, 0.25) is 0 Å². The summed E-state index contributed by atoms with van der Waals surface area (Å²) in [5, 5.41) is 16.7. The predicted molar refractivity (Wildman–Crippen MR) is 134 cm³/mol. The molecule has 9 heteroatoms. The van der Waals surface area contributed by atoms with Crippen molar-refractivity contribution in [1.29, 1.82) is 0 Å². The number of aromatic nitrogens is 3. The first-order valence-electron chi connectivity index (χ1n) is 11.3. The van der Waals surface area contributed by atoms with Crippen LogP contribution in [0.3, 0.4) is 0 Å². The minimum Gasteiger partial charge on any atom is -0.465 e. The van der Waals surface area contributed by atoms with Gasteiger partial charge in [0.1, 0.15) is 11.5 Å². The van der Waals surface area contributed by atoms with Gasteiger partial charge in [-0.25, -0.2) is 14.8 Å². The van der Waals surface area contributed by atoms with Gasteiger partial charge in [0.05, 0.1) is 5.56 Å². The third-order valence-electron chi connectivity index (χ3n) is 6.36. The second-order valence-electron chi connectivity index (χ2n) is 9.31. The number of fused-ring (bicyclic) bond motifs is 2. The second-order valence-corrected chi connectivity index (χ2v) is 9.31. The van der Waals surface area contributed by atoms with Gasteiger partial charge >= 0.3 is 6.09 Å². The van der Waals surface area contributed by atoms with Crippen molar-refractivity contribution in [3.8, 4) is 0 Å². The zero-order valence-electron chi connectivity index (χ0n) is 19.5. The van der Waals surface area contributed by atoms with Gasteiger partial charge in [-0.15, -0.1) is 0 Å². The Balaban J connectivity index is 1.35. The summed E-state index contributed by atoms with van der Waals surface area (Å²) in [6.07, 6.45) is 4.27. The van der Waals surface area contributed by atoms with Crippen LogP contribution in [0.1, 0.15) is 40.9 Å². The minimum atomic E-state index is -0.949. The number of H-pyrrole nitrogens is 1. The standard InChI is InChI=1S/C26H26N6O3/c1-26(2)15-32(25(34)35)14-17-12-18(5-6-21(17)26)31-24(33)20-4-3-9-27-23(20)30-13-16-7-10-28-22-19(16)8-11-29-22/h3-12H,13-15H2,1-2H3,(H,27,30)(H,28,29)(H,31,33)(H,34,35). The van der Waals surface area contributed by atoms with Gasteiger partial charge in [-0.05, 0) is 53.1 Å². The Bertz CT molecular complexity index is 1430. The fourth-order valence-electron chi connectivity index (χ4n) is 4.70. The maximum atomic E-state index is 13.2. The highest BCUT2D eigenvalue weighted by molar-refractivity contribution is 6.07. The summed E-state index contributed by atoms with van der Waals surface area (Å²) >= 11 is 0. The number of rotatable bonds is 5. The molecular weight excluding hydrogens is 444 g/mol. The molecule has 0 atom stereocenters. The molecule has 4 N–H and O–H groups in total. The van der Waals surface area contributed by atoms with Crippen LogP contribution in [0.2, 0.25) is 0 Å². The average molecular weight is 471 g/mol. The Kier molecular flexibility index (Phi) is 5.60. The largest absolute Gasteiger partial charge is 0.465 e. The summed E-state index contributed by atoms with van der Waals surface area (Å²) in [6, 6.07) is 13.0. The number of aromatic amines is 1. The molecular formula is C26H26N6O3. The molecule has 4 aromatic rings. The number of carbonyl (C=O) groups is 2. The van der Waals surface area contributed by atoms with E-state index in [1.165, 1.54) is 4.90 Å². The van der Waals surface area contributed by atoms with Crippen molar-refractivity contribution >= 4 is 34.5 Å². The van der Waals surface area contributed by atoms with E-state index in [4.69, 9.17) is 0 Å². The molecule has 0 bridgehead atoms. The van der Waals surface area contributed by atoms with Crippen LogP contribution in [-0.4, -0.2) is 43.5 Å². The topological polar surface area (TPSA) is 123 Å². The number of pyridine rings is 2. The van der Waals surface area contributed by atoms with Crippen molar-refractivity contribution in [2.24, 2.45) is 0 Å². The Hall–Kier alpha value is -4.40. The van der Waals surface area contributed by atoms with Crippen LogP contribution in [-0.2, 0) is 18.5 Å². The Morgan fingerprint density at radius 1 is 1.14 bits per heavy atom. The molecule has 0 unspecified atom stereocenters. The fraction of sp³-hybridized carbons (Fsp3) is 0.231. The summed E-state index contributed by atoms with van der Waals surface area (Å²) in [6.45, 7) is 5.25. The van der Waals surface area contributed by atoms with Gasteiger partial charge in [0.15, 0.2) is 0 Å². The van der Waals surface area contributed by atoms with Crippen molar-refractivity contribution in [2.75, 3.05) is 17.2 Å². The highest BCUT2D eigenvalue weighted by Gasteiger charge is 2.34. The maximum Gasteiger partial charge on any atom is 0.407 e. The number of carbonyl (C=O) groups excluding carboxylic acids is 1. The van der Waals surface area contributed by atoms with Crippen LogP contribution in [0.5, 0.6) is 0 Å². The lowest BCUT2D eigenvalue weighted by Gasteiger charge is -2.38. The molecule has 9 nitrogen and oxygen atoms in total. The number of nitrogens with one attached hydrogen (secondary N) is 3. The highest BCUT2D eigenvalue weighted by atomic mass is 16.4. The van der Waals surface area contributed by atoms with E-state index in [2.05, 4.69) is 25.6 Å². The van der Waals surface area contributed by atoms with Gasteiger partial charge in [-0.1, -0.05) is 19.9 Å². The van der Waals surface area contributed by atoms with E-state index in [1.54, 1.807) is 24.5 Å². The minimum absolute atomic E-state index is 0.289. The Morgan fingerprint density at radius 3 is 2.83 bits per heavy atom. The van der Waals surface area contributed by atoms with Crippen LogP contribution < -0.4 is 10.6 Å². The molecule has 1 aliphatic heterocycles. The summed E-state index contributed by atoms with van der Waals surface area (Å²) in [4.78, 5) is 37.9. The summed E-state index contributed by atoms with van der Waals surface area (Å²) < 4.78 is 0. The van der Waals surface area contributed by atoms with E-state index >= 15 is 0 Å². The van der Waals surface area contributed by atoms with Crippen LogP contribution in [0, 0.1) is 0 Å². The van der Waals surface area contributed by atoms with Crippen molar-refractivity contribution in [3.05, 3.63) is 83.3 Å². The van der Waals surface area contributed by atoms with Crippen molar-refractivity contribution in [2.45, 2.75) is 32.4 Å². The van der Waals surface area contributed by atoms with E-state index in [9.17, 15) is 14.7 Å². The van der Waals surface area contributed by atoms with E-state index in [-0.39, 0.29) is 17.9 Å². The average Bonchev–Trinajstić information content (AvgIpc) is 3.32. The monoisotopic (exact) mass is 470 g/mol. The summed E-state index contributed by atoms with van der Waals surface area (Å²) in [7, 11) is 0. The highest BCUT2D eigenvalue weighted by Crippen LogP contribution is 2.35. The Morgan fingerprint density at radius 2 is 2.00 bits per heavy atom. The van der Waals surface area contributed by atoms with Gasteiger partial charge in [0, 0.05) is 54.7 Å². The third-order valence-corrected chi connectivity index (χ3v) is 6.36.